The molecule has 8 aromatic rings. The highest BCUT2D eigenvalue weighted by atomic mass is 32.1. The van der Waals surface area contributed by atoms with Crippen LogP contribution in [0.2, 0.25) is 0 Å². The number of hydrogen-bond acceptors (Lipinski definition) is 10. The molecule has 2 N–H and O–H groups in total. The molecule has 0 aliphatic carbocycles. The molecular weight excluding hydrogens is 793 g/mol. The van der Waals surface area contributed by atoms with Gasteiger partial charge in [0.25, 0.3) is 0 Å². The number of aliphatic imine (C=N–C) groups is 2. The second kappa shape index (κ2) is 16.0. The van der Waals surface area contributed by atoms with Crippen molar-refractivity contribution in [1.29, 1.82) is 0 Å². The molecule has 0 aliphatic heterocycles. The van der Waals surface area contributed by atoms with Crippen molar-refractivity contribution in [2.45, 2.75) is 27.7 Å². The smallest absolute Gasteiger partial charge is 0.124 e. The topological polar surface area (TPSA) is 65.2 Å². The Kier molecular flexibility index (Phi) is 10.9. The van der Waals surface area contributed by atoms with E-state index >= 15 is 0 Å². The third-order valence-electron chi connectivity index (χ3n) is 9.00. The maximum absolute atomic E-state index is 10.7. The van der Waals surface area contributed by atoms with Crippen molar-refractivity contribution in [2.75, 3.05) is 13.1 Å². The molecular formula is C45H38N2O2S6. The van der Waals surface area contributed by atoms with Crippen molar-refractivity contribution in [3.05, 3.63) is 130 Å². The Balaban J connectivity index is 0.898. The van der Waals surface area contributed by atoms with Gasteiger partial charge in [-0.1, -0.05) is 13.8 Å². The molecule has 2 aromatic carbocycles. The van der Waals surface area contributed by atoms with Crippen molar-refractivity contribution in [2.24, 2.45) is 15.4 Å². The second-order valence-corrected chi connectivity index (χ2v) is 21.0. The van der Waals surface area contributed by atoms with Gasteiger partial charge in [-0.2, -0.15) is 0 Å². The van der Waals surface area contributed by atoms with Crippen molar-refractivity contribution < 1.29 is 10.2 Å². The lowest BCUT2D eigenvalue weighted by Gasteiger charge is -2.19. The summed E-state index contributed by atoms with van der Waals surface area (Å²) in [5, 5.41) is 21.3. The summed E-state index contributed by atoms with van der Waals surface area (Å²) in [4.78, 5) is 24.6. The molecule has 0 aliphatic rings. The molecule has 10 heteroatoms. The average molecular weight is 831 g/mol. The molecule has 0 fully saturated rings. The summed E-state index contributed by atoms with van der Waals surface area (Å²) < 4.78 is 0. The first-order valence-corrected chi connectivity index (χ1v) is 22.7. The Morgan fingerprint density at radius 3 is 1.09 bits per heavy atom. The highest BCUT2D eigenvalue weighted by Crippen LogP contribution is 2.44. The number of hydrogen-bond donors (Lipinski definition) is 2. The minimum atomic E-state index is -0.231. The fourth-order valence-electron chi connectivity index (χ4n) is 6.04. The first-order valence-electron chi connectivity index (χ1n) is 17.8. The molecule has 0 saturated carbocycles. The van der Waals surface area contributed by atoms with E-state index in [1.165, 1.54) is 48.8 Å². The molecule has 0 bridgehead atoms. The van der Waals surface area contributed by atoms with Gasteiger partial charge in [0, 0.05) is 101 Å². The Bertz CT molecular complexity index is 2660. The van der Waals surface area contributed by atoms with Gasteiger partial charge in [-0.05, 0) is 134 Å². The van der Waals surface area contributed by atoms with E-state index in [1.807, 2.05) is 58.3 Å². The van der Waals surface area contributed by atoms with Crippen molar-refractivity contribution in [1.82, 2.24) is 0 Å². The van der Waals surface area contributed by atoms with Crippen molar-refractivity contribution >= 4 is 80.4 Å². The van der Waals surface area contributed by atoms with Crippen molar-refractivity contribution in [3.8, 4) is 71.4 Å². The van der Waals surface area contributed by atoms with Crippen LogP contribution in [0.15, 0.2) is 119 Å². The highest BCUT2D eigenvalue weighted by Gasteiger charge is 2.17. The fraction of sp³-hybridized carbons (Fsp3) is 0.156. The fourth-order valence-corrected chi connectivity index (χ4v) is 12.2. The molecule has 6 aromatic heterocycles. The Hall–Kier alpha value is -4.42. The number of nitrogens with zero attached hydrogens (tertiary/aromatic N) is 2. The minimum absolute atomic E-state index is 0.203. The summed E-state index contributed by atoms with van der Waals surface area (Å²) in [7, 11) is 0. The van der Waals surface area contributed by atoms with E-state index in [-0.39, 0.29) is 16.9 Å². The molecule has 8 rings (SSSR count). The summed E-state index contributed by atoms with van der Waals surface area (Å²) in [5.41, 5.74) is 3.25. The monoisotopic (exact) mass is 830 g/mol. The van der Waals surface area contributed by atoms with Gasteiger partial charge in [0.2, 0.25) is 0 Å². The summed E-state index contributed by atoms with van der Waals surface area (Å²) in [6.45, 7) is 9.59. The van der Waals surface area contributed by atoms with Crippen LogP contribution in [0.5, 0.6) is 11.5 Å². The van der Waals surface area contributed by atoms with E-state index in [0.29, 0.717) is 24.2 Å². The SMILES string of the molecule is Cc1ccc(-c2ccc(-c3ccc(O)c(C=NCC(C)(C)CN=Cc4cc(-c5ccc(-c6ccc(-c7ccc(-c8ccc(C)s8)s7)s6)s5)ccc4O)c3)s2)s1. The third kappa shape index (κ3) is 8.70. The zero-order valence-electron chi connectivity index (χ0n) is 30.7. The lowest BCUT2D eigenvalue weighted by molar-refractivity contribution is 0.396. The maximum atomic E-state index is 10.7. The van der Waals surface area contributed by atoms with Gasteiger partial charge in [0.15, 0.2) is 0 Å². The largest absolute Gasteiger partial charge is 0.507 e. The van der Waals surface area contributed by atoms with E-state index in [2.05, 4.69) is 100 Å². The summed E-state index contributed by atoms with van der Waals surface area (Å²) in [5.74, 6) is 0.411. The summed E-state index contributed by atoms with van der Waals surface area (Å²) >= 11 is 10.8. The van der Waals surface area contributed by atoms with Gasteiger partial charge in [-0.25, -0.2) is 0 Å². The summed E-state index contributed by atoms with van der Waals surface area (Å²) in [6, 6.07) is 37.7. The number of phenolic OH excluding ortho intramolecular Hbond substituents is 2. The van der Waals surface area contributed by atoms with Crippen LogP contribution in [0.1, 0.15) is 34.7 Å². The van der Waals surface area contributed by atoms with Crippen LogP contribution in [0.4, 0.5) is 0 Å². The second-order valence-electron chi connectivity index (χ2n) is 14.1. The van der Waals surface area contributed by atoms with Crippen LogP contribution in [0.25, 0.3) is 59.9 Å². The first-order chi connectivity index (χ1) is 26.6. The predicted octanol–water partition coefficient (Wildman–Crippen LogP) is 14.6. The molecule has 0 amide bonds. The quantitative estimate of drug-likeness (QED) is 0.120. The van der Waals surface area contributed by atoms with Crippen molar-refractivity contribution in [3.63, 3.8) is 0 Å². The number of phenols is 2. The molecule has 0 saturated heterocycles. The molecule has 6 heterocycles. The Labute approximate surface area is 345 Å². The molecule has 0 atom stereocenters. The van der Waals surface area contributed by atoms with E-state index in [0.717, 1.165) is 20.9 Å². The zero-order valence-corrected chi connectivity index (χ0v) is 35.6. The third-order valence-corrected chi connectivity index (χ3v) is 16.2. The maximum Gasteiger partial charge on any atom is 0.124 e. The van der Waals surface area contributed by atoms with Crippen LogP contribution >= 0.6 is 68.0 Å². The van der Waals surface area contributed by atoms with Gasteiger partial charge in [-0.15, -0.1) is 68.0 Å². The van der Waals surface area contributed by atoms with Crippen LogP contribution in [0.3, 0.4) is 0 Å². The Morgan fingerprint density at radius 2 is 0.745 bits per heavy atom. The van der Waals surface area contributed by atoms with Gasteiger partial charge in [0.1, 0.15) is 11.5 Å². The van der Waals surface area contributed by atoms with Crippen LogP contribution in [0, 0.1) is 19.3 Å². The number of aryl methyl sites for hydroxylation is 2. The van der Waals surface area contributed by atoms with Gasteiger partial charge < -0.3 is 10.2 Å². The van der Waals surface area contributed by atoms with Gasteiger partial charge >= 0.3 is 0 Å². The van der Waals surface area contributed by atoms with Crippen LogP contribution in [-0.2, 0) is 0 Å². The van der Waals surface area contributed by atoms with Gasteiger partial charge in [0.05, 0.1) is 0 Å². The molecule has 4 nitrogen and oxygen atoms in total. The molecule has 276 valence electrons. The average Bonchev–Trinajstić information content (AvgIpc) is 4.01. The van der Waals surface area contributed by atoms with E-state index < -0.39 is 0 Å². The molecule has 55 heavy (non-hydrogen) atoms. The number of thiophene rings is 6. The normalized spacial score (nSPS) is 12.1. The lowest BCUT2D eigenvalue weighted by Crippen LogP contribution is -2.19. The number of aromatic hydroxyl groups is 2. The van der Waals surface area contributed by atoms with E-state index in [9.17, 15) is 10.2 Å². The van der Waals surface area contributed by atoms with E-state index in [4.69, 9.17) is 9.98 Å². The number of rotatable bonds is 12. The molecule has 0 unspecified atom stereocenters. The summed E-state index contributed by atoms with van der Waals surface area (Å²) in [6.07, 6.45) is 3.52. The van der Waals surface area contributed by atoms with Gasteiger partial charge in [-0.3, -0.25) is 9.98 Å². The standard InChI is InChI=1S/C45H38N2O2S6/c1-27-5-11-37(50-27)39-15-13-35(52-39)29-7-9-33(48)31(21-29)23-46-25-45(3,4)26-47-24-32-22-30(8-10-34(32)49)36-14-16-41(53-36)42-19-20-44(55-42)43-18-17-40(54-43)38-12-6-28(2)51-38/h5-24,48-49H,25-26H2,1-4H3. The highest BCUT2D eigenvalue weighted by molar-refractivity contribution is 7.29. The lowest BCUT2D eigenvalue weighted by atomic mass is 9.94. The van der Waals surface area contributed by atoms with Crippen LogP contribution < -0.4 is 0 Å². The Morgan fingerprint density at radius 1 is 0.436 bits per heavy atom. The molecule has 0 spiro atoms. The number of benzene rings is 2. The molecule has 0 radical (unpaired) electrons. The predicted molar refractivity (Wildman–Crippen MR) is 244 cm³/mol. The minimum Gasteiger partial charge on any atom is -0.507 e. The first kappa shape index (κ1) is 37.5. The van der Waals surface area contributed by atoms with E-state index in [1.54, 1.807) is 58.6 Å². The van der Waals surface area contributed by atoms with Crippen LogP contribution in [-0.4, -0.2) is 35.7 Å². The zero-order chi connectivity index (χ0) is 38.1.